The highest BCUT2D eigenvalue weighted by molar-refractivity contribution is 5.85. The molecule has 1 aromatic carbocycles. The molecule has 5 atom stereocenters. The fourth-order valence-electron chi connectivity index (χ4n) is 4.44. The number of aliphatic hydroxyl groups excluding tert-OH is 1. The number of rotatable bonds is 4. The number of piperidine rings is 3. The quantitative estimate of drug-likeness (QED) is 0.846. The zero-order valence-electron chi connectivity index (χ0n) is 14.5. The maximum absolute atomic E-state index is 11.2. The third kappa shape index (κ3) is 3.14. The molecule has 1 N–H and O–H groups in total. The van der Waals surface area contributed by atoms with Crippen LogP contribution in [-0.2, 0) is 0 Å². The maximum Gasteiger partial charge on any atom is 0.119 e. The van der Waals surface area contributed by atoms with E-state index in [9.17, 15) is 5.11 Å². The van der Waals surface area contributed by atoms with Crippen LogP contribution in [0.1, 0.15) is 24.5 Å². The third-order valence-corrected chi connectivity index (χ3v) is 5.82. The Morgan fingerprint density at radius 3 is 2.92 bits per heavy atom. The summed E-state index contributed by atoms with van der Waals surface area (Å²) in [4.78, 5) is 6.86. The van der Waals surface area contributed by atoms with Gasteiger partial charge in [-0.25, -0.2) is 0 Å². The molecule has 5 rings (SSSR count). The minimum Gasteiger partial charge on any atom is -0.497 e. The molecule has 2 bridgehead atoms. The molecule has 3 aliphatic heterocycles. The summed E-state index contributed by atoms with van der Waals surface area (Å²) in [6, 6.07) is 7.96. The van der Waals surface area contributed by atoms with Gasteiger partial charge in [-0.3, -0.25) is 9.88 Å². The van der Waals surface area contributed by atoms with Gasteiger partial charge >= 0.3 is 0 Å². The standard InChI is InChI=1S/C20H24N2O2.ClH/c1-3-13-12-22-9-7-14(13)10-19(22)20(23)16-6-8-21-18-5-4-15(24-2)11-17(16)18;/h3-6,8,11,13-14,19-20,23H,1,7,9-10,12H2,2H3;1H/t13-,14?,19-,20?;/m1./s1. The molecule has 0 amide bonds. The molecule has 0 aliphatic carbocycles. The summed E-state index contributed by atoms with van der Waals surface area (Å²) in [5.41, 5.74) is 1.85. The van der Waals surface area contributed by atoms with Crippen molar-refractivity contribution in [3.05, 3.63) is 48.7 Å². The fraction of sp³-hybridized carbons (Fsp3) is 0.450. The van der Waals surface area contributed by atoms with E-state index in [1.165, 1.54) is 6.42 Å². The molecule has 3 saturated heterocycles. The highest BCUT2D eigenvalue weighted by Gasteiger charge is 2.42. The van der Waals surface area contributed by atoms with Gasteiger partial charge in [0.2, 0.25) is 0 Å². The number of hydrogen-bond donors (Lipinski definition) is 1. The van der Waals surface area contributed by atoms with E-state index in [0.717, 1.165) is 41.7 Å². The van der Waals surface area contributed by atoms with Crippen molar-refractivity contribution < 1.29 is 9.84 Å². The van der Waals surface area contributed by atoms with Crippen LogP contribution >= 0.6 is 12.4 Å². The average molecular weight is 361 g/mol. The van der Waals surface area contributed by atoms with E-state index in [-0.39, 0.29) is 18.4 Å². The highest BCUT2D eigenvalue weighted by atomic mass is 35.5. The Morgan fingerprint density at radius 1 is 1.40 bits per heavy atom. The van der Waals surface area contributed by atoms with Crippen LogP contribution in [0.15, 0.2) is 43.1 Å². The molecule has 0 spiro atoms. The molecular formula is C20H25ClN2O2. The average Bonchev–Trinajstić information content (AvgIpc) is 2.66. The summed E-state index contributed by atoms with van der Waals surface area (Å²) >= 11 is 0. The predicted molar refractivity (Wildman–Crippen MR) is 102 cm³/mol. The summed E-state index contributed by atoms with van der Waals surface area (Å²) in [6.45, 7) is 6.07. The van der Waals surface area contributed by atoms with Gasteiger partial charge in [-0.1, -0.05) is 6.08 Å². The molecule has 3 aliphatic rings. The van der Waals surface area contributed by atoms with Crippen molar-refractivity contribution in [1.82, 2.24) is 9.88 Å². The Bertz CT molecular complexity index is 766. The number of ether oxygens (including phenoxy) is 1. The van der Waals surface area contributed by atoms with Gasteiger partial charge in [-0.05, 0) is 61.1 Å². The van der Waals surface area contributed by atoms with E-state index >= 15 is 0 Å². The number of halogens is 1. The normalized spacial score (nSPS) is 29.0. The Labute approximate surface area is 154 Å². The number of hydrogen-bond acceptors (Lipinski definition) is 4. The summed E-state index contributed by atoms with van der Waals surface area (Å²) in [5, 5.41) is 12.1. The third-order valence-electron chi connectivity index (χ3n) is 5.82. The number of pyridine rings is 1. The van der Waals surface area contributed by atoms with Crippen molar-refractivity contribution in [2.24, 2.45) is 11.8 Å². The lowest BCUT2D eigenvalue weighted by atomic mass is 9.73. The van der Waals surface area contributed by atoms with Gasteiger partial charge in [0.1, 0.15) is 5.75 Å². The van der Waals surface area contributed by atoms with E-state index in [0.29, 0.717) is 11.8 Å². The Morgan fingerprint density at radius 2 is 2.24 bits per heavy atom. The van der Waals surface area contributed by atoms with E-state index in [4.69, 9.17) is 4.74 Å². The number of fused-ring (bicyclic) bond motifs is 4. The lowest BCUT2D eigenvalue weighted by Crippen LogP contribution is -2.54. The highest BCUT2D eigenvalue weighted by Crippen LogP contribution is 2.42. The van der Waals surface area contributed by atoms with Crippen LogP contribution in [0.4, 0.5) is 0 Å². The zero-order chi connectivity index (χ0) is 16.7. The topological polar surface area (TPSA) is 45.6 Å². The molecule has 0 radical (unpaired) electrons. The van der Waals surface area contributed by atoms with E-state index in [1.54, 1.807) is 13.3 Å². The molecule has 1 aromatic heterocycles. The minimum absolute atomic E-state index is 0. The van der Waals surface area contributed by atoms with Crippen molar-refractivity contribution in [3.8, 4) is 5.75 Å². The Hall–Kier alpha value is -1.62. The van der Waals surface area contributed by atoms with Gasteiger partial charge in [-0.2, -0.15) is 0 Å². The van der Waals surface area contributed by atoms with Crippen molar-refractivity contribution in [2.45, 2.75) is 25.0 Å². The molecule has 3 unspecified atom stereocenters. The first-order chi connectivity index (χ1) is 11.7. The maximum atomic E-state index is 11.2. The van der Waals surface area contributed by atoms with Crippen LogP contribution < -0.4 is 4.74 Å². The van der Waals surface area contributed by atoms with Crippen LogP contribution in [-0.4, -0.2) is 41.2 Å². The second-order valence-electron chi connectivity index (χ2n) is 6.97. The molecule has 5 heteroatoms. The number of benzene rings is 1. The molecule has 4 heterocycles. The monoisotopic (exact) mass is 360 g/mol. The number of aliphatic hydroxyl groups is 1. The Balaban J connectivity index is 0.00000182. The molecule has 134 valence electrons. The lowest BCUT2D eigenvalue weighted by Gasteiger charge is -2.50. The lowest BCUT2D eigenvalue weighted by molar-refractivity contribution is -0.0444. The summed E-state index contributed by atoms with van der Waals surface area (Å²) in [6.07, 6.45) is 5.62. The summed E-state index contributed by atoms with van der Waals surface area (Å²) < 4.78 is 5.35. The van der Waals surface area contributed by atoms with Gasteiger partial charge in [0.05, 0.1) is 18.7 Å². The fourth-order valence-corrected chi connectivity index (χ4v) is 4.44. The van der Waals surface area contributed by atoms with Crippen LogP contribution in [0.3, 0.4) is 0 Å². The molecule has 3 fully saturated rings. The van der Waals surface area contributed by atoms with Gasteiger partial charge in [0.15, 0.2) is 0 Å². The van der Waals surface area contributed by atoms with E-state index in [2.05, 4.69) is 22.5 Å². The molecule has 2 aromatic rings. The summed E-state index contributed by atoms with van der Waals surface area (Å²) in [7, 11) is 1.66. The molecule has 25 heavy (non-hydrogen) atoms. The van der Waals surface area contributed by atoms with Crippen molar-refractivity contribution in [3.63, 3.8) is 0 Å². The molecule has 4 nitrogen and oxygen atoms in total. The van der Waals surface area contributed by atoms with Crippen LogP contribution in [0, 0.1) is 11.8 Å². The summed E-state index contributed by atoms with van der Waals surface area (Å²) in [5.74, 6) is 2.01. The van der Waals surface area contributed by atoms with Gasteiger partial charge < -0.3 is 9.84 Å². The zero-order valence-corrected chi connectivity index (χ0v) is 15.3. The predicted octanol–water partition coefficient (Wildman–Crippen LogP) is 3.60. The van der Waals surface area contributed by atoms with Crippen molar-refractivity contribution >= 4 is 23.3 Å². The smallest absolute Gasteiger partial charge is 0.119 e. The molecule has 0 saturated carbocycles. The van der Waals surface area contributed by atoms with Crippen LogP contribution in [0.5, 0.6) is 5.75 Å². The number of methoxy groups -OCH3 is 1. The van der Waals surface area contributed by atoms with Crippen LogP contribution in [0.2, 0.25) is 0 Å². The van der Waals surface area contributed by atoms with E-state index in [1.807, 2.05) is 24.3 Å². The first-order valence-corrected chi connectivity index (χ1v) is 8.68. The van der Waals surface area contributed by atoms with Gasteiger partial charge in [0.25, 0.3) is 0 Å². The number of nitrogens with zero attached hydrogens (tertiary/aromatic N) is 2. The first kappa shape index (κ1) is 18.2. The van der Waals surface area contributed by atoms with Gasteiger partial charge in [-0.15, -0.1) is 19.0 Å². The number of aromatic nitrogens is 1. The van der Waals surface area contributed by atoms with Crippen LogP contribution in [0.25, 0.3) is 10.9 Å². The Kier molecular flexibility index (Phi) is 5.32. The van der Waals surface area contributed by atoms with E-state index < -0.39 is 6.10 Å². The largest absolute Gasteiger partial charge is 0.497 e. The van der Waals surface area contributed by atoms with Gasteiger partial charge in [0, 0.05) is 24.2 Å². The molecular weight excluding hydrogens is 336 g/mol. The SMILES string of the molecule is C=C[C@@H]1CN2CCC1C[C@@H]2C(O)c1ccnc2ccc(OC)cc12.Cl. The minimum atomic E-state index is -0.504. The second kappa shape index (κ2) is 7.32. The van der Waals surface area contributed by atoms with Crippen molar-refractivity contribution in [2.75, 3.05) is 20.2 Å². The first-order valence-electron chi connectivity index (χ1n) is 8.68. The van der Waals surface area contributed by atoms with Crippen molar-refractivity contribution in [1.29, 1.82) is 0 Å². The second-order valence-corrected chi connectivity index (χ2v) is 6.97.